The summed E-state index contributed by atoms with van der Waals surface area (Å²) in [6, 6.07) is 9.41. The van der Waals surface area contributed by atoms with Crippen LogP contribution in [0.1, 0.15) is 52.0 Å². The van der Waals surface area contributed by atoms with E-state index in [1.165, 1.54) is 24.6 Å². The van der Waals surface area contributed by atoms with Gasteiger partial charge in [-0.15, -0.1) is 10.2 Å². The number of nitrogens with zero attached hydrogens (tertiary/aromatic N) is 3. The molecule has 0 unspecified atom stereocenters. The molecule has 0 aliphatic heterocycles. The van der Waals surface area contributed by atoms with Crippen molar-refractivity contribution in [3.05, 3.63) is 57.1 Å². The number of benzene rings is 2. The summed E-state index contributed by atoms with van der Waals surface area (Å²) >= 11 is 5.81. The second kappa shape index (κ2) is 8.95. The Kier molecular flexibility index (Phi) is 6.91. The predicted molar refractivity (Wildman–Crippen MR) is 108 cm³/mol. The number of nitro benzene ring substituents is 1. The van der Waals surface area contributed by atoms with Crippen LogP contribution in [-0.4, -0.2) is 10.0 Å². The lowest BCUT2D eigenvalue weighted by Gasteiger charge is -2.25. The topological polar surface area (TPSA) is 88.1 Å². The number of hydrogen-bond donors (Lipinski definition) is 1. The number of azo groups is 1. The van der Waals surface area contributed by atoms with Crippen molar-refractivity contribution < 1.29 is 10.0 Å². The molecule has 0 fully saturated rings. The third-order valence-electron chi connectivity index (χ3n) is 4.56. The van der Waals surface area contributed by atoms with Crippen LogP contribution in [0.2, 0.25) is 5.02 Å². The molecule has 0 saturated carbocycles. The highest BCUT2D eigenvalue weighted by Crippen LogP contribution is 2.37. The minimum Gasteiger partial charge on any atom is -0.506 e. The first-order valence-electron chi connectivity index (χ1n) is 8.94. The Morgan fingerprint density at radius 2 is 1.81 bits per heavy atom. The van der Waals surface area contributed by atoms with Gasteiger partial charge in [0.1, 0.15) is 11.4 Å². The van der Waals surface area contributed by atoms with Crippen LogP contribution in [0.5, 0.6) is 5.75 Å². The molecule has 7 heteroatoms. The molecule has 0 amide bonds. The second-order valence-electron chi connectivity index (χ2n) is 7.13. The van der Waals surface area contributed by atoms with Gasteiger partial charge in [0.25, 0.3) is 5.69 Å². The van der Waals surface area contributed by atoms with Crippen LogP contribution in [0.25, 0.3) is 0 Å². The van der Waals surface area contributed by atoms with E-state index < -0.39 is 4.92 Å². The number of nitro groups is 1. The highest BCUT2D eigenvalue weighted by atomic mass is 35.5. The lowest BCUT2D eigenvalue weighted by molar-refractivity contribution is -0.384. The van der Waals surface area contributed by atoms with E-state index in [0.717, 1.165) is 24.8 Å². The van der Waals surface area contributed by atoms with Crippen molar-refractivity contribution in [3.63, 3.8) is 0 Å². The maximum atomic E-state index is 11.2. The molecule has 0 saturated heterocycles. The Balaban J connectivity index is 2.32. The summed E-state index contributed by atoms with van der Waals surface area (Å²) in [6.45, 7) is 6.47. The molecule has 0 radical (unpaired) electrons. The quantitative estimate of drug-likeness (QED) is 0.223. The first-order chi connectivity index (χ1) is 12.7. The van der Waals surface area contributed by atoms with Gasteiger partial charge in [-0.2, -0.15) is 0 Å². The Bertz CT molecular complexity index is 850. The molecule has 144 valence electrons. The molecule has 0 spiro atoms. The number of unbranched alkanes of at least 4 members (excludes halogenated alkanes) is 2. The summed E-state index contributed by atoms with van der Waals surface area (Å²) < 4.78 is 0. The summed E-state index contributed by atoms with van der Waals surface area (Å²) in [6.07, 6.45) is 4.47. The normalized spacial score (nSPS) is 11.9. The average molecular weight is 390 g/mol. The van der Waals surface area contributed by atoms with Gasteiger partial charge in [0.2, 0.25) is 0 Å². The smallest absolute Gasteiger partial charge is 0.298 e. The van der Waals surface area contributed by atoms with Gasteiger partial charge in [-0.05, 0) is 41.7 Å². The first-order valence-corrected chi connectivity index (χ1v) is 9.31. The van der Waals surface area contributed by atoms with Gasteiger partial charge >= 0.3 is 0 Å². The van der Waals surface area contributed by atoms with Gasteiger partial charge < -0.3 is 5.11 Å². The summed E-state index contributed by atoms with van der Waals surface area (Å²) in [4.78, 5) is 10.6. The lowest BCUT2D eigenvalue weighted by atomic mass is 9.80. The fourth-order valence-electron chi connectivity index (χ4n) is 2.82. The average Bonchev–Trinajstić information content (AvgIpc) is 2.61. The van der Waals surface area contributed by atoms with Crippen LogP contribution >= 0.6 is 11.6 Å². The Morgan fingerprint density at radius 3 is 2.48 bits per heavy atom. The molecular weight excluding hydrogens is 366 g/mol. The van der Waals surface area contributed by atoms with Crippen LogP contribution in [0.4, 0.5) is 17.1 Å². The zero-order valence-electron chi connectivity index (χ0n) is 15.8. The predicted octanol–water partition coefficient (Wildman–Crippen LogP) is 7.23. The Hall–Kier alpha value is -2.47. The molecule has 0 aliphatic carbocycles. The third kappa shape index (κ3) is 5.50. The number of phenols is 1. The highest BCUT2D eigenvalue weighted by molar-refractivity contribution is 6.30. The number of phenolic OH excluding ortho intramolecular Hbond substituents is 1. The van der Waals surface area contributed by atoms with Crippen LogP contribution in [-0.2, 0) is 5.41 Å². The maximum absolute atomic E-state index is 11.2. The zero-order valence-corrected chi connectivity index (χ0v) is 16.5. The van der Waals surface area contributed by atoms with E-state index in [-0.39, 0.29) is 33.2 Å². The SMILES string of the molecule is CCCCCC(C)(C)c1ccc(O)c(N=Nc2ccc(Cl)cc2[N+](=O)[O-])c1. The van der Waals surface area contributed by atoms with Gasteiger partial charge in [0.15, 0.2) is 5.69 Å². The van der Waals surface area contributed by atoms with Crippen molar-refractivity contribution in [1.82, 2.24) is 0 Å². The molecule has 1 N–H and O–H groups in total. The van der Waals surface area contributed by atoms with Gasteiger partial charge in [-0.25, -0.2) is 0 Å². The van der Waals surface area contributed by atoms with Crippen molar-refractivity contribution >= 4 is 28.7 Å². The zero-order chi connectivity index (χ0) is 20.0. The lowest BCUT2D eigenvalue weighted by Crippen LogP contribution is -2.16. The molecule has 2 aromatic rings. The second-order valence-corrected chi connectivity index (χ2v) is 7.57. The molecule has 2 rings (SSSR count). The molecule has 0 aliphatic rings. The Labute approximate surface area is 164 Å². The fraction of sp³-hybridized carbons (Fsp3) is 0.400. The molecule has 0 heterocycles. The molecule has 6 nitrogen and oxygen atoms in total. The van der Waals surface area contributed by atoms with E-state index >= 15 is 0 Å². The highest BCUT2D eigenvalue weighted by Gasteiger charge is 2.21. The van der Waals surface area contributed by atoms with E-state index in [2.05, 4.69) is 31.0 Å². The molecule has 0 aromatic heterocycles. The van der Waals surface area contributed by atoms with E-state index in [0.29, 0.717) is 0 Å². The molecule has 0 atom stereocenters. The van der Waals surface area contributed by atoms with E-state index in [9.17, 15) is 15.2 Å². The molecule has 0 bridgehead atoms. The van der Waals surface area contributed by atoms with Gasteiger partial charge in [-0.3, -0.25) is 10.1 Å². The van der Waals surface area contributed by atoms with E-state index in [4.69, 9.17) is 11.6 Å². The summed E-state index contributed by atoms with van der Waals surface area (Å²) in [5.74, 6) is -0.0246. The van der Waals surface area contributed by atoms with Crippen LogP contribution in [0, 0.1) is 10.1 Å². The number of halogens is 1. The number of aromatic hydroxyl groups is 1. The number of rotatable bonds is 8. The van der Waals surface area contributed by atoms with Crippen LogP contribution in [0.15, 0.2) is 46.6 Å². The van der Waals surface area contributed by atoms with Crippen molar-refractivity contribution in [2.75, 3.05) is 0 Å². The van der Waals surface area contributed by atoms with Gasteiger partial charge in [0, 0.05) is 11.1 Å². The largest absolute Gasteiger partial charge is 0.506 e. The minimum atomic E-state index is -0.562. The molecule has 2 aromatic carbocycles. The fourth-order valence-corrected chi connectivity index (χ4v) is 2.99. The van der Waals surface area contributed by atoms with Gasteiger partial charge in [0.05, 0.1) is 4.92 Å². The molecular formula is C20H24ClN3O3. The standard InChI is InChI=1S/C20H24ClN3O3/c1-4-5-6-11-20(2,3)14-7-10-19(25)17(12-14)23-22-16-9-8-15(21)13-18(16)24(26)27/h7-10,12-13,25H,4-6,11H2,1-3H3. The first kappa shape index (κ1) is 20.8. The monoisotopic (exact) mass is 389 g/mol. The maximum Gasteiger partial charge on any atom is 0.298 e. The summed E-state index contributed by atoms with van der Waals surface area (Å²) in [5.41, 5.74) is 1.09. The van der Waals surface area contributed by atoms with Crippen molar-refractivity contribution in [1.29, 1.82) is 0 Å². The van der Waals surface area contributed by atoms with Crippen LogP contribution < -0.4 is 0 Å². The number of hydrogen-bond acceptors (Lipinski definition) is 5. The summed E-state index contributed by atoms with van der Waals surface area (Å²) in [5, 5.41) is 29.5. The minimum absolute atomic E-state index is 0.0246. The van der Waals surface area contributed by atoms with Crippen molar-refractivity contribution in [2.24, 2.45) is 10.2 Å². The third-order valence-corrected chi connectivity index (χ3v) is 4.80. The van der Waals surface area contributed by atoms with Crippen molar-refractivity contribution in [2.45, 2.75) is 51.9 Å². The van der Waals surface area contributed by atoms with E-state index in [1.54, 1.807) is 12.1 Å². The molecule has 27 heavy (non-hydrogen) atoms. The van der Waals surface area contributed by atoms with Crippen molar-refractivity contribution in [3.8, 4) is 5.75 Å². The Morgan fingerprint density at radius 1 is 1.11 bits per heavy atom. The summed E-state index contributed by atoms with van der Waals surface area (Å²) in [7, 11) is 0. The van der Waals surface area contributed by atoms with Crippen LogP contribution in [0.3, 0.4) is 0 Å². The van der Waals surface area contributed by atoms with Gasteiger partial charge in [-0.1, -0.05) is 57.7 Å². The van der Waals surface area contributed by atoms with E-state index in [1.807, 2.05) is 6.07 Å².